The van der Waals surface area contributed by atoms with Crippen LogP contribution in [0.5, 0.6) is 0 Å². The lowest BCUT2D eigenvalue weighted by molar-refractivity contribution is -0.139. The van der Waals surface area contributed by atoms with Crippen molar-refractivity contribution in [1.29, 1.82) is 0 Å². The van der Waals surface area contributed by atoms with E-state index in [4.69, 9.17) is 4.74 Å². The largest absolute Gasteiger partial charge is 0.463 e. The van der Waals surface area contributed by atoms with Gasteiger partial charge in [0.15, 0.2) is 0 Å². The third kappa shape index (κ3) is 4.72. The van der Waals surface area contributed by atoms with Gasteiger partial charge in [-0.15, -0.1) is 0 Å². The Morgan fingerprint density at radius 1 is 1.17 bits per heavy atom. The molecular weight excluding hydrogens is 368 g/mol. The van der Waals surface area contributed by atoms with Crippen molar-refractivity contribution in [1.82, 2.24) is 15.5 Å². The summed E-state index contributed by atoms with van der Waals surface area (Å²) < 4.78 is 5.25. The predicted octanol–water partition coefficient (Wildman–Crippen LogP) is 2.33. The molecule has 1 fully saturated rings. The Morgan fingerprint density at radius 2 is 1.90 bits per heavy atom. The molecule has 158 valence electrons. The van der Waals surface area contributed by atoms with E-state index < -0.39 is 0 Å². The van der Waals surface area contributed by atoms with Crippen molar-refractivity contribution in [2.75, 3.05) is 44.2 Å². The highest BCUT2D eigenvalue weighted by Crippen LogP contribution is 2.24. The lowest BCUT2D eigenvalue weighted by Crippen LogP contribution is -2.54. The lowest BCUT2D eigenvalue weighted by Gasteiger charge is -2.38. The first-order valence-corrected chi connectivity index (χ1v) is 10.5. The van der Waals surface area contributed by atoms with Gasteiger partial charge in [0.2, 0.25) is 0 Å². The average molecular weight is 401 g/mol. The Balaban J connectivity index is 1.72. The fourth-order valence-electron chi connectivity index (χ4n) is 4.04. The van der Waals surface area contributed by atoms with Crippen LogP contribution in [0.3, 0.4) is 0 Å². The van der Waals surface area contributed by atoms with Gasteiger partial charge in [-0.25, -0.2) is 9.59 Å². The van der Waals surface area contributed by atoms with Crippen molar-refractivity contribution in [3.63, 3.8) is 0 Å². The number of esters is 1. The quantitative estimate of drug-likeness (QED) is 0.717. The van der Waals surface area contributed by atoms with Crippen molar-refractivity contribution in [2.24, 2.45) is 0 Å². The number of nitrogens with one attached hydrogen (secondary N) is 2. The van der Waals surface area contributed by atoms with Crippen LogP contribution in [0.1, 0.15) is 31.4 Å². The number of carbonyl (C=O) groups excluding carboxylic acids is 2. The highest BCUT2D eigenvalue weighted by molar-refractivity contribution is 5.94. The molecule has 0 aliphatic carbocycles. The molecule has 0 unspecified atom stereocenters. The zero-order chi connectivity index (χ0) is 21.0. The molecule has 2 aliphatic rings. The second-order valence-electron chi connectivity index (χ2n) is 7.65. The summed E-state index contributed by atoms with van der Waals surface area (Å²) in [5.41, 5.74) is 5.13. The van der Waals surface area contributed by atoms with Gasteiger partial charge in [0.25, 0.3) is 0 Å². The highest BCUT2D eigenvalue weighted by Gasteiger charge is 2.32. The number of carbonyl (C=O) groups is 2. The maximum atomic E-state index is 12.5. The summed E-state index contributed by atoms with van der Waals surface area (Å²) in [6.07, 6.45) is 0.644. The Morgan fingerprint density at radius 3 is 2.55 bits per heavy atom. The number of urea groups is 1. The minimum atomic E-state index is -0.351. The zero-order valence-electron chi connectivity index (χ0n) is 17.9. The topological polar surface area (TPSA) is 73.9 Å². The lowest BCUT2D eigenvalue weighted by atomic mass is 9.99. The molecule has 2 heterocycles. The van der Waals surface area contributed by atoms with E-state index >= 15 is 0 Å². The molecule has 1 saturated heterocycles. The monoisotopic (exact) mass is 400 g/mol. The summed E-state index contributed by atoms with van der Waals surface area (Å²) in [4.78, 5) is 29.3. The Labute approximate surface area is 173 Å². The summed E-state index contributed by atoms with van der Waals surface area (Å²) in [7, 11) is 0. The third-order valence-electron chi connectivity index (χ3n) is 5.82. The van der Waals surface area contributed by atoms with Crippen LogP contribution in [-0.4, -0.2) is 62.3 Å². The highest BCUT2D eigenvalue weighted by atomic mass is 16.5. The number of benzene rings is 1. The molecule has 0 bridgehead atoms. The fraction of sp³-hybridized carbons (Fsp3) is 0.545. The van der Waals surface area contributed by atoms with Crippen molar-refractivity contribution in [2.45, 2.75) is 40.2 Å². The van der Waals surface area contributed by atoms with Gasteiger partial charge >= 0.3 is 12.0 Å². The number of hydrogen-bond acceptors (Lipinski definition) is 5. The van der Waals surface area contributed by atoms with Crippen molar-refractivity contribution in [3.8, 4) is 0 Å². The average Bonchev–Trinajstić information content (AvgIpc) is 2.70. The molecule has 2 amide bonds. The summed E-state index contributed by atoms with van der Waals surface area (Å²) in [5.74, 6) is -0.351. The van der Waals surface area contributed by atoms with Crippen LogP contribution in [0, 0.1) is 13.8 Å². The molecule has 7 nitrogen and oxygen atoms in total. The van der Waals surface area contributed by atoms with Gasteiger partial charge in [-0.05, 0) is 44.4 Å². The van der Waals surface area contributed by atoms with E-state index in [1.807, 2.05) is 6.92 Å². The minimum Gasteiger partial charge on any atom is -0.463 e. The van der Waals surface area contributed by atoms with E-state index in [0.29, 0.717) is 30.8 Å². The molecule has 0 saturated carbocycles. The van der Waals surface area contributed by atoms with Crippen molar-refractivity contribution < 1.29 is 14.3 Å². The number of piperazine rings is 1. The summed E-state index contributed by atoms with van der Waals surface area (Å²) in [6.45, 7) is 12.5. The van der Waals surface area contributed by atoms with E-state index in [-0.39, 0.29) is 18.0 Å². The first-order valence-electron chi connectivity index (χ1n) is 10.5. The summed E-state index contributed by atoms with van der Waals surface area (Å²) in [5, 5.41) is 5.68. The van der Waals surface area contributed by atoms with Gasteiger partial charge in [0, 0.05) is 44.1 Å². The van der Waals surface area contributed by atoms with E-state index in [1.54, 1.807) is 6.92 Å². The summed E-state index contributed by atoms with van der Waals surface area (Å²) in [6, 6.07) is 5.86. The van der Waals surface area contributed by atoms with Crippen LogP contribution in [-0.2, 0) is 9.53 Å². The number of nitrogens with zero attached hydrogens (tertiary/aromatic N) is 2. The van der Waals surface area contributed by atoms with Crippen LogP contribution in [0.15, 0.2) is 29.5 Å². The molecule has 29 heavy (non-hydrogen) atoms. The number of ether oxygens (including phenoxy) is 1. The van der Waals surface area contributed by atoms with Gasteiger partial charge in [0.1, 0.15) is 0 Å². The first kappa shape index (κ1) is 21.2. The second-order valence-corrected chi connectivity index (χ2v) is 7.65. The molecule has 0 spiro atoms. The third-order valence-corrected chi connectivity index (χ3v) is 5.82. The van der Waals surface area contributed by atoms with Crippen LogP contribution >= 0.6 is 0 Å². The zero-order valence-corrected chi connectivity index (χ0v) is 17.9. The standard InChI is InChI=1S/C22H32N4O3/c1-5-17-20(21(27)29-6-2)18(24-22(28)23-17)14-25-10-12-26(13-11-25)19-9-7-8-15(3)16(19)4/h7-9,17H,5-6,10-14H2,1-4H3,(H2,23,24,28)/t17-/m0/s1. The van der Waals surface area contributed by atoms with Crippen LogP contribution in [0.4, 0.5) is 10.5 Å². The van der Waals surface area contributed by atoms with Crippen LogP contribution in [0.2, 0.25) is 0 Å². The van der Waals surface area contributed by atoms with E-state index in [9.17, 15) is 9.59 Å². The molecule has 1 aromatic carbocycles. The van der Waals surface area contributed by atoms with Gasteiger partial charge in [-0.3, -0.25) is 4.90 Å². The molecule has 3 rings (SSSR count). The molecule has 2 N–H and O–H groups in total. The van der Waals surface area contributed by atoms with Gasteiger partial charge in [0.05, 0.1) is 18.2 Å². The Hall–Kier alpha value is -2.54. The number of amides is 2. The molecular formula is C22H32N4O3. The minimum absolute atomic E-state index is 0.256. The van der Waals surface area contributed by atoms with E-state index in [1.165, 1.54) is 16.8 Å². The van der Waals surface area contributed by atoms with Crippen LogP contribution < -0.4 is 15.5 Å². The molecule has 0 radical (unpaired) electrons. The smallest absolute Gasteiger partial charge is 0.337 e. The predicted molar refractivity (Wildman–Crippen MR) is 114 cm³/mol. The van der Waals surface area contributed by atoms with Crippen molar-refractivity contribution >= 4 is 17.7 Å². The Kier molecular flexibility index (Phi) is 6.79. The van der Waals surface area contributed by atoms with Gasteiger partial charge in [-0.1, -0.05) is 19.1 Å². The number of aryl methyl sites for hydroxylation is 1. The maximum absolute atomic E-state index is 12.5. The van der Waals surface area contributed by atoms with Crippen molar-refractivity contribution in [3.05, 3.63) is 40.6 Å². The molecule has 7 heteroatoms. The Bertz CT molecular complexity index is 797. The van der Waals surface area contributed by atoms with Crippen LogP contribution in [0.25, 0.3) is 0 Å². The molecule has 1 aromatic rings. The van der Waals surface area contributed by atoms with Gasteiger partial charge in [-0.2, -0.15) is 0 Å². The maximum Gasteiger partial charge on any atom is 0.337 e. The number of rotatable bonds is 6. The number of anilines is 1. The molecule has 0 aromatic heterocycles. The second kappa shape index (κ2) is 9.31. The SMILES string of the molecule is CCOC(=O)C1=C(CN2CCN(c3cccc(C)c3C)CC2)NC(=O)N[C@H]1CC. The summed E-state index contributed by atoms with van der Waals surface area (Å²) >= 11 is 0. The number of hydrogen-bond donors (Lipinski definition) is 2. The normalized spacial score (nSPS) is 20.3. The van der Waals surface area contributed by atoms with Gasteiger partial charge < -0.3 is 20.3 Å². The molecule has 2 aliphatic heterocycles. The van der Waals surface area contributed by atoms with E-state index in [2.05, 4.69) is 52.5 Å². The molecule has 1 atom stereocenters. The fourth-order valence-corrected chi connectivity index (χ4v) is 4.04. The first-order chi connectivity index (χ1) is 13.9. The van der Waals surface area contributed by atoms with E-state index in [0.717, 1.165) is 26.2 Å².